The summed E-state index contributed by atoms with van der Waals surface area (Å²) in [6, 6.07) is 6.97. The third kappa shape index (κ3) is 4.12. The molecule has 0 radical (unpaired) electrons. The van der Waals surface area contributed by atoms with Crippen molar-refractivity contribution in [3.8, 4) is 0 Å². The van der Waals surface area contributed by atoms with Crippen molar-refractivity contribution in [1.82, 2.24) is 5.32 Å². The van der Waals surface area contributed by atoms with E-state index in [0.717, 1.165) is 31.3 Å². The molecule has 1 unspecified atom stereocenters. The van der Waals surface area contributed by atoms with Gasteiger partial charge in [-0.2, -0.15) is 0 Å². The van der Waals surface area contributed by atoms with Gasteiger partial charge in [-0.25, -0.2) is 0 Å². The number of likely N-dealkylation sites (N-methyl/N-ethyl adjacent to an activating group) is 1. The molecule has 1 N–H and O–H groups in total. The number of ether oxygens (including phenoxy) is 1. The number of nitrogens with one attached hydrogen (secondary N) is 1. The van der Waals surface area contributed by atoms with Gasteiger partial charge in [0.25, 0.3) is 0 Å². The molecular weight excluding hydrogens is 284 g/mol. The highest BCUT2D eigenvalue weighted by Crippen LogP contribution is 2.27. The number of rotatable bonds is 7. The van der Waals surface area contributed by atoms with Gasteiger partial charge in [0.1, 0.15) is 0 Å². The molecule has 1 saturated heterocycles. The molecule has 0 aromatic heterocycles. The molecule has 3 nitrogen and oxygen atoms in total. The Balaban J connectivity index is 1.72. The molecule has 1 aliphatic heterocycles. The fraction of sp³-hybridized carbons (Fsp3) is 0.647. The Hall–Kier alpha value is -0.770. The lowest BCUT2D eigenvalue weighted by Gasteiger charge is -2.28. The lowest BCUT2D eigenvalue weighted by Crippen LogP contribution is -2.33. The second-order valence-electron chi connectivity index (χ2n) is 6.10. The average molecular weight is 309 g/mol. The van der Waals surface area contributed by atoms with E-state index in [1.807, 2.05) is 6.07 Å². The van der Waals surface area contributed by atoms with Gasteiger partial charge in [0.2, 0.25) is 0 Å². The van der Waals surface area contributed by atoms with E-state index in [2.05, 4.69) is 29.3 Å². The first-order valence-electron chi connectivity index (χ1n) is 8.14. The van der Waals surface area contributed by atoms with Gasteiger partial charge in [-0.05, 0) is 56.4 Å². The molecule has 4 heteroatoms. The predicted octanol–water partition coefficient (Wildman–Crippen LogP) is 3.60. The summed E-state index contributed by atoms with van der Waals surface area (Å²) in [6.07, 6.45) is 5.37. The minimum absolute atomic E-state index is 0.380. The van der Waals surface area contributed by atoms with Gasteiger partial charge in [0, 0.05) is 43.0 Å². The Morgan fingerprint density at radius 2 is 2.19 bits per heavy atom. The molecular formula is C17H25ClN2O. The van der Waals surface area contributed by atoms with E-state index in [-0.39, 0.29) is 0 Å². The highest BCUT2D eigenvalue weighted by atomic mass is 35.5. The van der Waals surface area contributed by atoms with Crippen molar-refractivity contribution in [2.75, 3.05) is 24.6 Å². The molecule has 1 saturated carbocycles. The molecule has 1 atom stereocenters. The number of halogens is 1. The van der Waals surface area contributed by atoms with Crippen LogP contribution in [0.1, 0.15) is 38.2 Å². The van der Waals surface area contributed by atoms with Crippen LogP contribution in [0.4, 0.5) is 5.69 Å². The van der Waals surface area contributed by atoms with Crippen LogP contribution >= 0.6 is 11.6 Å². The lowest BCUT2D eigenvalue weighted by molar-refractivity contribution is 0.115. The molecule has 0 bridgehead atoms. The summed E-state index contributed by atoms with van der Waals surface area (Å²) in [5, 5.41) is 4.42. The Morgan fingerprint density at radius 1 is 1.33 bits per heavy atom. The smallest absolute Gasteiger partial charge is 0.0750 e. The normalized spacial score (nSPS) is 21.7. The van der Waals surface area contributed by atoms with Crippen LogP contribution < -0.4 is 10.2 Å². The van der Waals surface area contributed by atoms with Gasteiger partial charge < -0.3 is 15.0 Å². The van der Waals surface area contributed by atoms with Crippen LogP contribution in [0, 0.1) is 0 Å². The van der Waals surface area contributed by atoms with E-state index in [9.17, 15) is 0 Å². The minimum Gasteiger partial charge on any atom is -0.376 e. The quantitative estimate of drug-likeness (QED) is 0.833. The third-order valence-corrected chi connectivity index (χ3v) is 4.61. The van der Waals surface area contributed by atoms with Gasteiger partial charge in [0.05, 0.1) is 6.10 Å². The second-order valence-corrected chi connectivity index (χ2v) is 6.54. The average Bonchev–Trinajstić information content (AvgIpc) is 3.18. The monoisotopic (exact) mass is 308 g/mol. The van der Waals surface area contributed by atoms with Gasteiger partial charge >= 0.3 is 0 Å². The molecule has 1 aromatic rings. The zero-order chi connectivity index (χ0) is 14.7. The first-order chi connectivity index (χ1) is 10.3. The van der Waals surface area contributed by atoms with Gasteiger partial charge in [-0.15, -0.1) is 0 Å². The summed E-state index contributed by atoms with van der Waals surface area (Å²) in [5.41, 5.74) is 2.60. The second kappa shape index (κ2) is 6.99. The standard InChI is InChI=1S/C17H25ClN2O/c1-2-20(12-16-4-3-9-21-16)17-8-5-14(18)10-13(17)11-19-15-6-7-15/h5,8,10,15-16,19H,2-4,6-7,9,11-12H2,1H3. The Bertz CT molecular complexity index is 470. The van der Waals surface area contributed by atoms with Crippen molar-refractivity contribution < 1.29 is 4.74 Å². The van der Waals surface area contributed by atoms with E-state index in [0.29, 0.717) is 12.1 Å². The summed E-state index contributed by atoms with van der Waals surface area (Å²) in [5.74, 6) is 0. The molecule has 21 heavy (non-hydrogen) atoms. The molecule has 1 aromatic carbocycles. The molecule has 0 spiro atoms. The van der Waals surface area contributed by atoms with Gasteiger partial charge in [-0.1, -0.05) is 11.6 Å². The van der Waals surface area contributed by atoms with Crippen LogP contribution in [0.5, 0.6) is 0 Å². The first-order valence-corrected chi connectivity index (χ1v) is 8.52. The van der Waals surface area contributed by atoms with Crippen molar-refractivity contribution in [2.24, 2.45) is 0 Å². The fourth-order valence-corrected chi connectivity index (χ4v) is 3.17. The van der Waals surface area contributed by atoms with Crippen molar-refractivity contribution in [1.29, 1.82) is 0 Å². The summed E-state index contributed by atoms with van der Waals surface area (Å²) in [6.45, 7) is 6.01. The zero-order valence-electron chi connectivity index (χ0n) is 12.8. The zero-order valence-corrected chi connectivity index (χ0v) is 13.5. The Morgan fingerprint density at radius 3 is 2.86 bits per heavy atom. The molecule has 0 amide bonds. The third-order valence-electron chi connectivity index (χ3n) is 4.37. The Labute approximate surface area is 132 Å². The molecule has 2 fully saturated rings. The lowest BCUT2D eigenvalue weighted by atomic mass is 10.1. The van der Waals surface area contributed by atoms with E-state index < -0.39 is 0 Å². The van der Waals surface area contributed by atoms with E-state index in [1.165, 1.54) is 36.9 Å². The SMILES string of the molecule is CCN(CC1CCCO1)c1ccc(Cl)cc1CNC1CC1. The summed E-state index contributed by atoms with van der Waals surface area (Å²) in [4.78, 5) is 2.43. The molecule has 1 aliphatic carbocycles. The van der Waals surface area contributed by atoms with Crippen LogP contribution in [0.25, 0.3) is 0 Å². The van der Waals surface area contributed by atoms with Gasteiger partial charge in [0.15, 0.2) is 0 Å². The number of anilines is 1. The number of nitrogens with zero attached hydrogens (tertiary/aromatic N) is 1. The van der Waals surface area contributed by atoms with E-state index >= 15 is 0 Å². The van der Waals surface area contributed by atoms with Gasteiger partial charge in [-0.3, -0.25) is 0 Å². The van der Waals surface area contributed by atoms with Crippen molar-refractivity contribution >= 4 is 17.3 Å². The predicted molar refractivity (Wildman–Crippen MR) is 88.2 cm³/mol. The number of benzene rings is 1. The molecule has 3 rings (SSSR count). The van der Waals surface area contributed by atoms with E-state index in [4.69, 9.17) is 16.3 Å². The maximum Gasteiger partial charge on any atom is 0.0750 e. The number of hydrogen-bond donors (Lipinski definition) is 1. The highest BCUT2D eigenvalue weighted by molar-refractivity contribution is 6.30. The largest absolute Gasteiger partial charge is 0.376 e. The fourth-order valence-electron chi connectivity index (χ4n) is 2.98. The van der Waals surface area contributed by atoms with Crippen molar-refractivity contribution in [2.45, 2.75) is 51.3 Å². The minimum atomic E-state index is 0.380. The maximum atomic E-state index is 6.19. The molecule has 116 valence electrons. The number of hydrogen-bond acceptors (Lipinski definition) is 3. The van der Waals surface area contributed by atoms with Crippen molar-refractivity contribution in [3.63, 3.8) is 0 Å². The first kappa shape index (κ1) is 15.1. The summed E-state index contributed by atoms with van der Waals surface area (Å²) in [7, 11) is 0. The van der Waals surface area contributed by atoms with Crippen LogP contribution in [-0.4, -0.2) is 31.8 Å². The topological polar surface area (TPSA) is 24.5 Å². The van der Waals surface area contributed by atoms with Crippen LogP contribution in [0.15, 0.2) is 18.2 Å². The summed E-state index contributed by atoms with van der Waals surface area (Å²) >= 11 is 6.19. The highest BCUT2D eigenvalue weighted by Gasteiger charge is 2.23. The maximum absolute atomic E-state index is 6.19. The van der Waals surface area contributed by atoms with Crippen LogP contribution in [0.2, 0.25) is 5.02 Å². The molecule has 2 aliphatic rings. The van der Waals surface area contributed by atoms with Crippen LogP contribution in [-0.2, 0) is 11.3 Å². The summed E-state index contributed by atoms with van der Waals surface area (Å²) < 4.78 is 5.80. The van der Waals surface area contributed by atoms with Crippen molar-refractivity contribution in [3.05, 3.63) is 28.8 Å². The molecule has 1 heterocycles. The van der Waals surface area contributed by atoms with Crippen LogP contribution in [0.3, 0.4) is 0 Å². The Kier molecular flexibility index (Phi) is 5.04. The van der Waals surface area contributed by atoms with E-state index in [1.54, 1.807) is 0 Å².